The number of nitrogens with one attached hydrogen (secondary N) is 1. The molecule has 0 aliphatic carbocycles. The van der Waals surface area contributed by atoms with Crippen LogP contribution in [0.2, 0.25) is 0 Å². The minimum Gasteiger partial charge on any atom is -0.444 e. The van der Waals surface area contributed by atoms with Gasteiger partial charge in [-0.3, -0.25) is 0 Å². The van der Waals surface area contributed by atoms with Gasteiger partial charge in [0.25, 0.3) is 0 Å². The van der Waals surface area contributed by atoms with Crippen LogP contribution >= 0.6 is 11.8 Å². The highest BCUT2D eigenvalue weighted by atomic mass is 32.2. The predicted molar refractivity (Wildman–Crippen MR) is 70.4 cm³/mol. The van der Waals surface area contributed by atoms with Crippen LogP contribution in [0.25, 0.3) is 0 Å². The molecule has 1 heterocycles. The van der Waals surface area contributed by atoms with Crippen molar-refractivity contribution in [1.29, 1.82) is 0 Å². The second-order valence-electron chi connectivity index (χ2n) is 5.54. The number of carbonyl (C=O) groups is 1. The summed E-state index contributed by atoms with van der Waals surface area (Å²) in [5.74, 6) is 1.98. The summed E-state index contributed by atoms with van der Waals surface area (Å²) >= 11 is 1.82. The Morgan fingerprint density at radius 2 is 2.24 bits per heavy atom. The maximum absolute atomic E-state index is 11.8. The molecular weight excluding hydrogens is 238 g/mol. The van der Waals surface area contributed by atoms with Crippen molar-refractivity contribution in [2.24, 2.45) is 0 Å². The lowest BCUT2D eigenvalue weighted by molar-refractivity contribution is 0.0442. The average Bonchev–Trinajstić information content (AvgIpc) is 2.15. The molecule has 2 N–H and O–H groups in total. The van der Waals surface area contributed by atoms with E-state index in [4.69, 9.17) is 9.84 Å². The quantitative estimate of drug-likeness (QED) is 0.817. The molecule has 4 nitrogen and oxygen atoms in total. The highest BCUT2D eigenvalue weighted by Gasteiger charge is 2.34. The van der Waals surface area contributed by atoms with Crippen molar-refractivity contribution in [3.63, 3.8) is 0 Å². The zero-order valence-corrected chi connectivity index (χ0v) is 11.7. The SMILES string of the molecule is CC(C)(C)OC(=O)NC1(CCO)CCCSC1. The highest BCUT2D eigenvalue weighted by Crippen LogP contribution is 2.29. The lowest BCUT2D eigenvalue weighted by atomic mass is 9.92. The van der Waals surface area contributed by atoms with Crippen molar-refractivity contribution in [3.05, 3.63) is 0 Å². The van der Waals surface area contributed by atoms with E-state index >= 15 is 0 Å². The summed E-state index contributed by atoms with van der Waals surface area (Å²) in [6.07, 6.45) is 2.20. The van der Waals surface area contributed by atoms with Crippen LogP contribution < -0.4 is 5.32 Å². The van der Waals surface area contributed by atoms with Gasteiger partial charge in [0.1, 0.15) is 5.60 Å². The van der Waals surface area contributed by atoms with Crippen molar-refractivity contribution in [1.82, 2.24) is 5.32 Å². The molecule has 0 spiro atoms. The molecule has 1 unspecified atom stereocenters. The maximum Gasteiger partial charge on any atom is 0.408 e. The molecular formula is C12H23NO3S. The molecule has 0 bridgehead atoms. The Morgan fingerprint density at radius 3 is 2.71 bits per heavy atom. The Bertz CT molecular complexity index is 251. The van der Waals surface area contributed by atoms with Crippen molar-refractivity contribution in [2.75, 3.05) is 18.1 Å². The number of aliphatic hydroxyl groups is 1. The molecule has 1 aliphatic heterocycles. The number of hydrogen-bond acceptors (Lipinski definition) is 4. The summed E-state index contributed by atoms with van der Waals surface area (Å²) in [7, 11) is 0. The Labute approximate surface area is 107 Å². The van der Waals surface area contributed by atoms with E-state index in [1.54, 1.807) is 0 Å². The number of alkyl carbamates (subject to hydrolysis) is 1. The molecule has 1 amide bonds. The van der Waals surface area contributed by atoms with Gasteiger partial charge in [0.05, 0.1) is 5.54 Å². The predicted octanol–water partition coefficient (Wildman–Crippen LogP) is 2.16. The van der Waals surface area contributed by atoms with E-state index in [2.05, 4.69) is 5.32 Å². The maximum atomic E-state index is 11.8. The van der Waals surface area contributed by atoms with E-state index in [1.165, 1.54) is 0 Å². The minimum absolute atomic E-state index is 0.0936. The first kappa shape index (κ1) is 14.6. The molecule has 0 aromatic carbocycles. The number of rotatable bonds is 3. The molecule has 1 atom stereocenters. The fourth-order valence-corrected chi connectivity index (χ4v) is 3.19. The van der Waals surface area contributed by atoms with Crippen LogP contribution in [-0.2, 0) is 4.74 Å². The van der Waals surface area contributed by atoms with Crippen molar-refractivity contribution in [3.8, 4) is 0 Å². The summed E-state index contributed by atoms with van der Waals surface area (Å²) in [5, 5.41) is 12.1. The number of aliphatic hydroxyl groups excluding tert-OH is 1. The van der Waals surface area contributed by atoms with E-state index in [0.717, 1.165) is 24.3 Å². The van der Waals surface area contributed by atoms with Gasteiger partial charge in [-0.15, -0.1) is 0 Å². The molecule has 0 radical (unpaired) electrons. The Kier molecular flexibility index (Phi) is 5.13. The monoisotopic (exact) mass is 261 g/mol. The molecule has 1 saturated heterocycles. The smallest absolute Gasteiger partial charge is 0.408 e. The minimum atomic E-state index is -0.480. The molecule has 1 rings (SSSR count). The van der Waals surface area contributed by atoms with E-state index < -0.39 is 5.60 Å². The lowest BCUT2D eigenvalue weighted by Crippen LogP contribution is -2.53. The van der Waals surface area contributed by atoms with Gasteiger partial charge >= 0.3 is 6.09 Å². The summed E-state index contributed by atoms with van der Waals surface area (Å²) in [6, 6.07) is 0. The van der Waals surface area contributed by atoms with Gasteiger partial charge in [-0.25, -0.2) is 4.79 Å². The van der Waals surface area contributed by atoms with Gasteiger partial charge in [-0.05, 0) is 45.8 Å². The fourth-order valence-electron chi connectivity index (χ4n) is 1.94. The van der Waals surface area contributed by atoms with Gasteiger partial charge in [0, 0.05) is 12.4 Å². The molecule has 1 fully saturated rings. The van der Waals surface area contributed by atoms with Crippen molar-refractivity contribution in [2.45, 2.75) is 51.2 Å². The van der Waals surface area contributed by atoms with Crippen LogP contribution in [0.15, 0.2) is 0 Å². The van der Waals surface area contributed by atoms with E-state index in [-0.39, 0.29) is 18.2 Å². The number of thioether (sulfide) groups is 1. The van der Waals surface area contributed by atoms with E-state index in [0.29, 0.717) is 6.42 Å². The van der Waals surface area contributed by atoms with Crippen LogP contribution in [0.4, 0.5) is 4.79 Å². The second-order valence-corrected chi connectivity index (χ2v) is 6.64. The summed E-state index contributed by atoms with van der Waals surface area (Å²) < 4.78 is 5.27. The lowest BCUT2D eigenvalue weighted by Gasteiger charge is -2.37. The second kappa shape index (κ2) is 5.96. The number of carbonyl (C=O) groups excluding carboxylic acids is 1. The number of hydrogen-bond donors (Lipinski definition) is 2. The van der Waals surface area contributed by atoms with Gasteiger partial charge < -0.3 is 15.2 Å². The molecule has 100 valence electrons. The number of amides is 1. The van der Waals surface area contributed by atoms with Crippen LogP contribution in [0.5, 0.6) is 0 Å². The molecule has 1 aliphatic rings. The third kappa shape index (κ3) is 5.17. The Morgan fingerprint density at radius 1 is 1.53 bits per heavy atom. The first-order valence-corrected chi connectivity index (χ1v) is 7.22. The zero-order chi connectivity index (χ0) is 12.9. The van der Waals surface area contributed by atoms with Crippen molar-refractivity contribution < 1.29 is 14.6 Å². The van der Waals surface area contributed by atoms with Crippen LogP contribution in [0.1, 0.15) is 40.0 Å². The summed E-state index contributed by atoms with van der Waals surface area (Å²) in [5.41, 5.74) is -0.772. The van der Waals surface area contributed by atoms with E-state index in [9.17, 15) is 4.79 Å². The summed E-state index contributed by atoms with van der Waals surface area (Å²) in [4.78, 5) is 11.8. The van der Waals surface area contributed by atoms with Gasteiger partial charge in [0.15, 0.2) is 0 Å². The Hall–Kier alpha value is -0.420. The third-order valence-corrected chi connectivity index (χ3v) is 4.01. The Balaban J connectivity index is 2.57. The molecule has 0 saturated carbocycles. The average molecular weight is 261 g/mol. The van der Waals surface area contributed by atoms with Gasteiger partial charge in [0.2, 0.25) is 0 Å². The first-order valence-electron chi connectivity index (χ1n) is 6.07. The molecule has 5 heteroatoms. The first-order chi connectivity index (χ1) is 7.87. The van der Waals surface area contributed by atoms with Gasteiger partial charge in [-0.1, -0.05) is 0 Å². The van der Waals surface area contributed by atoms with Gasteiger partial charge in [-0.2, -0.15) is 11.8 Å². The van der Waals surface area contributed by atoms with Crippen LogP contribution in [0, 0.1) is 0 Å². The van der Waals surface area contributed by atoms with Crippen LogP contribution in [0.3, 0.4) is 0 Å². The largest absolute Gasteiger partial charge is 0.444 e. The standard InChI is InChI=1S/C12H23NO3S/c1-11(2,3)16-10(15)13-12(6-7-14)5-4-8-17-9-12/h14H,4-9H2,1-3H3,(H,13,15). The zero-order valence-electron chi connectivity index (χ0n) is 10.9. The fraction of sp³-hybridized carbons (Fsp3) is 0.917. The molecule has 17 heavy (non-hydrogen) atoms. The van der Waals surface area contributed by atoms with Crippen LogP contribution in [-0.4, -0.2) is 40.5 Å². The van der Waals surface area contributed by atoms with E-state index in [1.807, 2.05) is 32.5 Å². The molecule has 0 aromatic heterocycles. The molecule has 0 aromatic rings. The normalized spacial score (nSPS) is 25.4. The third-order valence-electron chi connectivity index (χ3n) is 2.68. The van der Waals surface area contributed by atoms with Crippen molar-refractivity contribution >= 4 is 17.9 Å². The highest BCUT2D eigenvalue weighted by molar-refractivity contribution is 7.99. The number of ether oxygens (including phenoxy) is 1. The summed E-state index contributed by atoms with van der Waals surface area (Å²) in [6.45, 7) is 5.64. The topological polar surface area (TPSA) is 58.6 Å².